The number of benzene rings is 8. The summed E-state index contributed by atoms with van der Waals surface area (Å²) in [7, 11) is 0. The molecule has 45 heavy (non-hydrogen) atoms. The van der Waals surface area contributed by atoms with Gasteiger partial charge in [0, 0.05) is 5.41 Å². The zero-order valence-electron chi connectivity index (χ0n) is 25.5. The summed E-state index contributed by atoms with van der Waals surface area (Å²) < 4.78 is 0. The summed E-state index contributed by atoms with van der Waals surface area (Å²) in [5.41, 5.74) is 13.1. The lowest BCUT2D eigenvalue weighted by Gasteiger charge is -2.22. The first-order valence-electron chi connectivity index (χ1n) is 15.8. The molecule has 1 aliphatic carbocycles. The van der Waals surface area contributed by atoms with Gasteiger partial charge in [-0.3, -0.25) is 0 Å². The van der Waals surface area contributed by atoms with Crippen molar-refractivity contribution >= 4 is 32.3 Å². The largest absolute Gasteiger partial charge is 0.0622 e. The summed E-state index contributed by atoms with van der Waals surface area (Å²) in [6, 6.07) is 58.5. The molecule has 0 saturated heterocycles. The average Bonchev–Trinajstić information content (AvgIpc) is 3.33. The zero-order chi connectivity index (χ0) is 30.1. The molecular formula is C45H32. The Labute approximate surface area is 264 Å². The van der Waals surface area contributed by atoms with E-state index in [2.05, 4.69) is 172 Å². The lowest BCUT2D eigenvalue weighted by atomic mass is 9.81. The van der Waals surface area contributed by atoms with E-state index in [1.165, 1.54) is 88.0 Å². The second kappa shape index (κ2) is 9.78. The van der Waals surface area contributed by atoms with Gasteiger partial charge in [-0.1, -0.05) is 141 Å². The second-order valence-corrected chi connectivity index (χ2v) is 13.0. The van der Waals surface area contributed by atoms with E-state index >= 15 is 0 Å². The molecule has 0 heteroatoms. The summed E-state index contributed by atoms with van der Waals surface area (Å²) in [6.07, 6.45) is 0. The Morgan fingerprint density at radius 3 is 1.58 bits per heavy atom. The van der Waals surface area contributed by atoms with E-state index in [1.807, 2.05) is 0 Å². The topological polar surface area (TPSA) is 0 Å². The molecule has 0 nitrogen and oxygen atoms in total. The first kappa shape index (κ1) is 26.0. The van der Waals surface area contributed by atoms with Crippen molar-refractivity contribution in [1.82, 2.24) is 0 Å². The Morgan fingerprint density at radius 2 is 0.844 bits per heavy atom. The van der Waals surface area contributed by atoms with E-state index in [0.717, 1.165) is 0 Å². The molecule has 0 heterocycles. The van der Waals surface area contributed by atoms with Crippen LogP contribution in [0.4, 0.5) is 0 Å². The van der Waals surface area contributed by atoms with Gasteiger partial charge in [-0.05, 0) is 118 Å². The molecule has 1 aliphatic rings. The minimum Gasteiger partial charge on any atom is -0.0622 e. The molecule has 0 atom stereocenters. The number of rotatable bonds is 3. The molecule has 0 saturated carbocycles. The number of hydrogen-bond donors (Lipinski definition) is 0. The summed E-state index contributed by atoms with van der Waals surface area (Å²) >= 11 is 0. The maximum absolute atomic E-state index is 2.41. The normalized spacial score (nSPS) is 13.3. The van der Waals surface area contributed by atoms with Gasteiger partial charge in [0.15, 0.2) is 0 Å². The van der Waals surface area contributed by atoms with Crippen molar-refractivity contribution in [3.63, 3.8) is 0 Å². The fraction of sp³-hybridized carbons (Fsp3) is 0.0667. The summed E-state index contributed by atoms with van der Waals surface area (Å²) in [5.74, 6) is 0. The maximum Gasteiger partial charge on any atom is 0.0159 e. The highest BCUT2D eigenvalue weighted by Crippen LogP contribution is 2.49. The molecule has 0 spiro atoms. The lowest BCUT2D eigenvalue weighted by Crippen LogP contribution is -2.14. The highest BCUT2D eigenvalue weighted by molar-refractivity contribution is 6.10. The van der Waals surface area contributed by atoms with Gasteiger partial charge in [0.25, 0.3) is 0 Å². The SMILES string of the molecule is CC1(C)c2ccccc2-c2ccc(-c3ccc4c(ccc5cc(-c6cc7ccccc7cc6-c6ccccc6)ccc54)c3)cc21. The fourth-order valence-electron chi connectivity index (χ4n) is 7.64. The Bertz CT molecular complexity index is 2440. The van der Waals surface area contributed by atoms with Crippen molar-refractivity contribution in [2.75, 3.05) is 0 Å². The van der Waals surface area contributed by atoms with Crippen LogP contribution in [0.15, 0.2) is 158 Å². The van der Waals surface area contributed by atoms with Crippen LogP contribution in [0.5, 0.6) is 0 Å². The minimum atomic E-state index is -0.00187. The van der Waals surface area contributed by atoms with Crippen molar-refractivity contribution in [1.29, 1.82) is 0 Å². The highest BCUT2D eigenvalue weighted by Gasteiger charge is 2.35. The second-order valence-electron chi connectivity index (χ2n) is 13.0. The minimum absolute atomic E-state index is 0.00187. The molecule has 0 radical (unpaired) electrons. The van der Waals surface area contributed by atoms with Crippen LogP contribution in [0.3, 0.4) is 0 Å². The van der Waals surface area contributed by atoms with E-state index in [1.54, 1.807) is 0 Å². The molecule has 0 unspecified atom stereocenters. The van der Waals surface area contributed by atoms with Crippen LogP contribution in [0.25, 0.3) is 76.8 Å². The van der Waals surface area contributed by atoms with Gasteiger partial charge in [0.05, 0.1) is 0 Å². The maximum atomic E-state index is 2.41. The van der Waals surface area contributed by atoms with Gasteiger partial charge >= 0.3 is 0 Å². The third-order valence-corrected chi connectivity index (χ3v) is 10.0. The molecule has 0 amide bonds. The molecule has 0 bridgehead atoms. The third kappa shape index (κ3) is 4.06. The molecule has 9 rings (SSSR count). The van der Waals surface area contributed by atoms with Gasteiger partial charge in [-0.15, -0.1) is 0 Å². The molecule has 0 fully saturated rings. The van der Waals surface area contributed by atoms with E-state index in [4.69, 9.17) is 0 Å². The van der Waals surface area contributed by atoms with Gasteiger partial charge in [-0.2, -0.15) is 0 Å². The standard InChI is InChI=1S/C45H32/c1-45(2)43-15-9-8-14-39(43)40-23-19-33(28-44(40)45)32-18-21-37-34(24-32)16-17-35-25-36(20-22-38(35)37)42-27-31-13-7-6-12-30(31)26-41(42)29-10-4-3-5-11-29/h3-28H,1-2H3. The first-order valence-corrected chi connectivity index (χ1v) is 15.8. The predicted octanol–water partition coefficient (Wildman–Crippen LogP) is 12.5. The predicted molar refractivity (Wildman–Crippen MR) is 193 cm³/mol. The van der Waals surface area contributed by atoms with Crippen molar-refractivity contribution in [2.24, 2.45) is 0 Å². The van der Waals surface area contributed by atoms with E-state index in [-0.39, 0.29) is 5.41 Å². The first-order chi connectivity index (χ1) is 22.0. The van der Waals surface area contributed by atoms with E-state index < -0.39 is 0 Å². The zero-order valence-corrected chi connectivity index (χ0v) is 25.5. The van der Waals surface area contributed by atoms with Gasteiger partial charge < -0.3 is 0 Å². The Kier molecular flexibility index (Phi) is 5.64. The van der Waals surface area contributed by atoms with Crippen LogP contribution >= 0.6 is 0 Å². The van der Waals surface area contributed by atoms with Crippen molar-refractivity contribution in [2.45, 2.75) is 19.3 Å². The van der Waals surface area contributed by atoms with E-state index in [9.17, 15) is 0 Å². The smallest absolute Gasteiger partial charge is 0.0159 e. The Balaban J connectivity index is 1.14. The van der Waals surface area contributed by atoms with Crippen molar-refractivity contribution in [3.8, 4) is 44.5 Å². The highest BCUT2D eigenvalue weighted by atomic mass is 14.4. The summed E-state index contributed by atoms with van der Waals surface area (Å²) in [5, 5.41) is 7.63. The fourth-order valence-corrected chi connectivity index (χ4v) is 7.64. The average molecular weight is 573 g/mol. The van der Waals surface area contributed by atoms with Crippen LogP contribution in [-0.4, -0.2) is 0 Å². The molecular weight excluding hydrogens is 540 g/mol. The molecule has 0 aliphatic heterocycles. The number of hydrogen-bond acceptors (Lipinski definition) is 0. The van der Waals surface area contributed by atoms with Gasteiger partial charge in [0.2, 0.25) is 0 Å². The monoisotopic (exact) mass is 572 g/mol. The molecule has 212 valence electrons. The van der Waals surface area contributed by atoms with Crippen LogP contribution in [0.2, 0.25) is 0 Å². The van der Waals surface area contributed by atoms with Gasteiger partial charge in [0.1, 0.15) is 0 Å². The lowest BCUT2D eigenvalue weighted by molar-refractivity contribution is 0.660. The van der Waals surface area contributed by atoms with Crippen molar-refractivity contribution < 1.29 is 0 Å². The van der Waals surface area contributed by atoms with Crippen molar-refractivity contribution in [3.05, 3.63) is 169 Å². The molecule has 8 aromatic rings. The Morgan fingerprint density at radius 1 is 0.311 bits per heavy atom. The molecule has 0 N–H and O–H groups in total. The van der Waals surface area contributed by atoms with Crippen LogP contribution in [-0.2, 0) is 5.41 Å². The van der Waals surface area contributed by atoms with Crippen LogP contribution in [0.1, 0.15) is 25.0 Å². The van der Waals surface area contributed by atoms with Crippen LogP contribution in [0, 0.1) is 0 Å². The third-order valence-electron chi connectivity index (χ3n) is 10.0. The molecule has 0 aromatic heterocycles. The number of fused-ring (bicyclic) bond motifs is 7. The Hall–Kier alpha value is -5.46. The molecule has 8 aromatic carbocycles. The van der Waals surface area contributed by atoms with E-state index in [0.29, 0.717) is 0 Å². The summed E-state index contributed by atoms with van der Waals surface area (Å²) in [6.45, 7) is 4.70. The quantitative estimate of drug-likeness (QED) is 0.185. The van der Waals surface area contributed by atoms with Gasteiger partial charge in [-0.25, -0.2) is 0 Å². The van der Waals surface area contributed by atoms with Crippen LogP contribution < -0.4 is 0 Å². The summed E-state index contributed by atoms with van der Waals surface area (Å²) in [4.78, 5) is 0.